The molecule has 6 unspecified atom stereocenters. The average Bonchev–Trinajstić information content (AvgIpc) is 2.67. The summed E-state index contributed by atoms with van der Waals surface area (Å²) in [6, 6.07) is 0. The SMILES string of the molecule is CCCCCC1CC(C(=O)O)C(C2CCCCC2)C2CCC(CC)CC12. The molecule has 3 saturated carbocycles. The van der Waals surface area contributed by atoms with Crippen LogP contribution in [0, 0.1) is 41.4 Å². The van der Waals surface area contributed by atoms with E-state index < -0.39 is 5.97 Å². The van der Waals surface area contributed by atoms with Crippen molar-refractivity contribution < 1.29 is 9.90 Å². The summed E-state index contributed by atoms with van der Waals surface area (Å²) < 4.78 is 0. The standard InChI is InChI=1S/C24H42O2/c1-3-5-7-12-19-16-22(24(25)26)23(18-10-8-6-9-11-18)20-14-13-17(4-2)15-21(19)20/h17-23H,3-16H2,1-2H3,(H,25,26). The molecule has 0 aliphatic heterocycles. The van der Waals surface area contributed by atoms with E-state index in [-0.39, 0.29) is 5.92 Å². The molecule has 0 aromatic heterocycles. The number of aliphatic carboxylic acids is 1. The molecule has 150 valence electrons. The lowest BCUT2D eigenvalue weighted by molar-refractivity contribution is -0.153. The fourth-order valence-electron chi connectivity index (χ4n) is 7.12. The van der Waals surface area contributed by atoms with Gasteiger partial charge in [0.2, 0.25) is 0 Å². The van der Waals surface area contributed by atoms with Gasteiger partial charge in [0.05, 0.1) is 5.92 Å². The van der Waals surface area contributed by atoms with Crippen LogP contribution in [0.3, 0.4) is 0 Å². The number of hydrogen-bond donors (Lipinski definition) is 1. The van der Waals surface area contributed by atoms with Crippen LogP contribution >= 0.6 is 0 Å². The molecule has 0 aromatic rings. The minimum absolute atomic E-state index is 0.0517. The number of carboxylic acids is 1. The maximum absolute atomic E-state index is 12.3. The van der Waals surface area contributed by atoms with Crippen molar-refractivity contribution in [3.8, 4) is 0 Å². The van der Waals surface area contributed by atoms with Crippen molar-refractivity contribution in [2.75, 3.05) is 0 Å². The predicted octanol–water partition coefficient (Wildman–Crippen LogP) is 6.93. The van der Waals surface area contributed by atoms with Gasteiger partial charge in [0, 0.05) is 0 Å². The van der Waals surface area contributed by atoms with E-state index in [1.807, 2.05) is 0 Å². The van der Waals surface area contributed by atoms with Crippen LogP contribution in [0.15, 0.2) is 0 Å². The normalized spacial score (nSPS) is 38.7. The first-order chi connectivity index (χ1) is 12.7. The Bertz CT molecular complexity index is 439. The van der Waals surface area contributed by atoms with Crippen molar-refractivity contribution in [2.45, 2.75) is 104 Å². The van der Waals surface area contributed by atoms with E-state index in [9.17, 15) is 9.90 Å². The molecule has 3 aliphatic carbocycles. The molecule has 0 spiro atoms. The second kappa shape index (κ2) is 9.60. The fourth-order valence-corrected chi connectivity index (χ4v) is 7.12. The first-order valence-corrected chi connectivity index (χ1v) is 11.9. The smallest absolute Gasteiger partial charge is 0.306 e. The zero-order valence-corrected chi connectivity index (χ0v) is 17.3. The highest BCUT2D eigenvalue weighted by atomic mass is 16.4. The molecule has 26 heavy (non-hydrogen) atoms. The third-order valence-electron chi connectivity index (χ3n) is 8.45. The van der Waals surface area contributed by atoms with Crippen molar-refractivity contribution >= 4 is 5.97 Å². The first-order valence-electron chi connectivity index (χ1n) is 11.9. The monoisotopic (exact) mass is 362 g/mol. The molecule has 0 radical (unpaired) electrons. The first kappa shape index (κ1) is 20.2. The van der Waals surface area contributed by atoms with Gasteiger partial charge in [-0.2, -0.15) is 0 Å². The molecule has 1 N–H and O–H groups in total. The van der Waals surface area contributed by atoms with Crippen LogP contribution in [-0.2, 0) is 4.79 Å². The molecule has 6 atom stereocenters. The maximum Gasteiger partial charge on any atom is 0.306 e. The van der Waals surface area contributed by atoms with E-state index in [4.69, 9.17) is 0 Å². The van der Waals surface area contributed by atoms with Gasteiger partial charge in [0.25, 0.3) is 0 Å². The lowest BCUT2D eigenvalue weighted by atomic mass is 9.51. The maximum atomic E-state index is 12.3. The van der Waals surface area contributed by atoms with Gasteiger partial charge >= 0.3 is 5.97 Å². The largest absolute Gasteiger partial charge is 0.481 e. The van der Waals surface area contributed by atoms with Crippen LogP contribution in [0.4, 0.5) is 0 Å². The van der Waals surface area contributed by atoms with E-state index in [0.717, 1.165) is 18.3 Å². The molecule has 3 fully saturated rings. The Hall–Kier alpha value is -0.530. The predicted molar refractivity (Wildman–Crippen MR) is 108 cm³/mol. The van der Waals surface area contributed by atoms with E-state index in [2.05, 4.69) is 13.8 Å². The van der Waals surface area contributed by atoms with Gasteiger partial charge in [-0.1, -0.05) is 84.5 Å². The Morgan fingerprint density at radius 1 is 0.923 bits per heavy atom. The number of fused-ring (bicyclic) bond motifs is 1. The summed E-state index contributed by atoms with van der Waals surface area (Å²) in [4.78, 5) is 12.3. The third-order valence-corrected chi connectivity index (χ3v) is 8.45. The number of unbranched alkanes of at least 4 members (excludes halogenated alkanes) is 2. The zero-order valence-electron chi connectivity index (χ0n) is 17.3. The van der Waals surface area contributed by atoms with E-state index in [1.165, 1.54) is 83.5 Å². The van der Waals surface area contributed by atoms with Crippen molar-refractivity contribution in [3.63, 3.8) is 0 Å². The number of hydrogen-bond acceptors (Lipinski definition) is 1. The van der Waals surface area contributed by atoms with Gasteiger partial charge in [-0.25, -0.2) is 0 Å². The van der Waals surface area contributed by atoms with Crippen molar-refractivity contribution in [1.82, 2.24) is 0 Å². The minimum atomic E-state index is -0.475. The molecule has 2 nitrogen and oxygen atoms in total. The Balaban J connectivity index is 1.81. The lowest BCUT2D eigenvalue weighted by Crippen LogP contribution is -2.48. The second-order valence-corrected chi connectivity index (χ2v) is 9.83. The highest BCUT2D eigenvalue weighted by Crippen LogP contribution is 2.56. The lowest BCUT2D eigenvalue weighted by Gasteiger charge is -2.53. The van der Waals surface area contributed by atoms with Gasteiger partial charge < -0.3 is 5.11 Å². The van der Waals surface area contributed by atoms with Crippen molar-refractivity contribution in [2.24, 2.45) is 41.4 Å². The Morgan fingerprint density at radius 3 is 2.35 bits per heavy atom. The number of rotatable bonds is 7. The van der Waals surface area contributed by atoms with Gasteiger partial charge in [-0.15, -0.1) is 0 Å². The molecule has 0 amide bonds. The van der Waals surface area contributed by atoms with Crippen molar-refractivity contribution in [1.29, 1.82) is 0 Å². The summed E-state index contributed by atoms with van der Waals surface area (Å²) in [6.07, 6.45) is 18.2. The van der Waals surface area contributed by atoms with Crippen molar-refractivity contribution in [3.05, 3.63) is 0 Å². The fraction of sp³-hybridized carbons (Fsp3) is 0.958. The molecule has 3 rings (SSSR count). The highest BCUT2D eigenvalue weighted by molar-refractivity contribution is 5.70. The van der Waals surface area contributed by atoms with E-state index in [0.29, 0.717) is 23.7 Å². The number of carboxylic acid groups (broad SMARTS) is 1. The van der Waals surface area contributed by atoms with E-state index >= 15 is 0 Å². The third kappa shape index (κ3) is 4.47. The van der Waals surface area contributed by atoms with Crippen LogP contribution in [0.1, 0.15) is 104 Å². The summed E-state index contributed by atoms with van der Waals surface area (Å²) >= 11 is 0. The summed E-state index contributed by atoms with van der Waals surface area (Å²) in [5.41, 5.74) is 0. The van der Waals surface area contributed by atoms with E-state index in [1.54, 1.807) is 0 Å². The van der Waals surface area contributed by atoms with Crippen LogP contribution in [0.2, 0.25) is 0 Å². The average molecular weight is 363 g/mol. The summed E-state index contributed by atoms with van der Waals surface area (Å²) in [7, 11) is 0. The summed E-state index contributed by atoms with van der Waals surface area (Å²) in [5.74, 6) is 3.78. The molecule has 0 heterocycles. The zero-order chi connectivity index (χ0) is 18.5. The van der Waals surface area contributed by atoms with Gasteiger partial charge in [-0.05, 0) is 54.8 Å². The quantitative estimate of drug-likeness (QED) is 0.499. The molecule has 2 heteroatoms. The molecule has 0 bridgehead atoms. The molecular weight excluding hydrogens is 320 g/mol. The topological polar surface area (TPSA) is 37.3 Å². The Kier molecular flexibility index (Phi) is 7.46. The minimum Gasteiger partial charge on any atom is -0.481 e. The molecule has 0 aromatic carbocycles. The highest BCUT2D eigenvalue weighted by Gasteiger charge is 2.50. The second-order valence-electron chi connectivity index (χ2n) is 9.83. The molecule has 3 aliphatic rings. The Labute approximate surface area is 161 Å². The Morgan fingerprint density at radius 2 is 1.69 bits per heavy atom. The molecular formula is C24H42O2. The van der Waals surface area contributed by atoms with Crippen LogP contribution in [0.25, 0.3) is 0 Å². The van der Waals surface area contributed by atoms with Crippen LogP contribution < -0.4 is 0 Å². The van der Waals surface area contributed by atoms with Crippen LogP contribution in [0.5, 0.6) is 0 Å². The van der Waals surface area contributed by atoms with Gasteiger partial charge in [-0.3, -0.25) is 4.79 Å². The summed E-state index contributed by atoms with van der Waals surface area (Å²) in [6.45, 7) is 4.63. The number of carbonyl (C=O) groups is 1. The van der Waals surface area contributed by atoms with Gasteiger partial charge in [0.1, 0.15) is 0 Å². The van der Waals surface area contributed by atoms with Gasteiger partial charge in [0.15, 0.2) is 0 Å². The summed E-state index contributed by atoms with van der Waals surface area (Å²) in [5, 5.41) is 10.1. The molecule has 0 saturated heterocycles. The van der Waals surface area contributed by atoms with Crippen LogP contribution in [-0.4, -0.2) is 11.1 Å².